The first-order chi connectivity index (χ1) is 47.1. The van der Waals surface area contributed by atoms with Crippen LogP contribution in [0.4, 0.5) is 0 Å². The molecule has 3 atom stereocenters. The molecule has 0 bridgehead atoms. The van der Waals surface area contributed by atoms with Gasteiger partial charge in [0.1, 0.15) is 17.3 Å². The van der Waals surface area contributed by atoms with Gasteiger partial charge in [0.25, 0.3) is 17.7 Å². The summed E-state index contributed by atoms with van der Waals surface area (Å²) in [5.41, 5.74) is 17.1. The molecule has 6 heterocycles. The molecule has 3 aromatic heterocycles. The lowest BCUT2D eigenvalue weighted by Gasteiger charge is -2.30. The highest BCUT2D eigenvalue weighted by Crippen LogP contribution is 2.48. The number of allylic oxidation sites excluding steroid dienone is 3. The van der Waals surface area contributed by atoms with Crippen molar-refractivity contribution in [2.45, 2.75) is 250 Å². The van der Waals surface area contributed by atoms with Crippen LogP contribution in [0.3, 0.4) is 0 Å². The van der Waals surface area contributed by atoms with Crippen molar-refractivity contribution in [2.24, 2.45) is 0 Å². The van der Waals surface area contributed by atoms with Gasteiger partial charge in [-0.1, -0.05) is 158 Å². The number of carbonyl (C=O) groups is 9. The van der Waals surface area contributed by atoms with Crippen molar-refractivity contribution in [3.05, 3.63) is 207 Å². The van der Waals surface area contributed by atoms with E-state index in [2.05, 4.69) is 141 Å². The predicted molar refractivity (Wildman–Crippen MR) is 396 cm³/mol. The molecule has 4 saturated carbocycles. The van der Waals surface area contributed by atoms with Crippen molar-refractivity contribution < 1.29 is 43.2 Å². The van der Waals surface area contributed by atoms with Crippen LogP contribution in [-0.2, 0) is 103 Å². The van der Waals surface area contributed by atoms with E-state index in [4.69, 9.17) is 0 Å². The van der Waals surface area contributed by atoms with E-state index in [0.717, 1.165) is 103 Å². The molecule has 7 aliphatic rings. The number of amides is 3. The third-order valence-corrected chi connectivity index (χ3v) is 24.7. The Balaban J connectivity index is 0.000000150. The number of aryl methyl sites for hydroxylation is 6. The number of fused-ring (bicyclic) bond motifs is 3. The van der Waals surface area contributed by atoms with Crippen LogP contribution in [-0.4, -0.2) is 85.2 Å². The summed E-state index contributed by atoms with van der Waals surface area (Å²) in [5, 5.41) is 5.94. The van der Waals surface area contributed by atoms with Crippen molar-refractivity contribution in [2.75, 3.05) is 0 Å². The van der Waals surface area contributed by atoms with E-state index in [0.29, 0.717) is 121 Å². The van der Waals surface area contributed by atoms with Gasteiger partial charge < -0.3 is 14.7 Å². The van der Waals surface area contributed by atoms with Crippen molar-refractivity contribution in [1.82, 2.24) is 14.7 Å². The molecule has 0 radical (unpaired) electrons. The molecule has 520 valence electrons. The van der Waals surface area contributed by atoms with Crippen LogP contribution in [0.2, 0.25) is 0 Å². The maximum Gasteiger partial charge on any atom is 0.265 e. The second kappa shape index (κ2) is 30.7. The molecule has 12 nitrogen and oxygen atoms in total. The van der Waals surface area contributed by atoms with E-state index in [9.17, 15) is 43.2 Å². The summed E-state index contributed by atoms with van der Waals surface area (Å²) in [6, 6.07) is 24.9. The molecule has 0 saturated heterocycles. The normalized spacial score (nSPS) is 19.6. The summed E-state index contributed by atoms with van der Waals surface area (Å²) in [7, 11) is 0. The van der Waals surface area contributed by atoms with Crippen molar-refractivity contribution in [3.63, 3.8) is 0 Å². The number of hydrogen-bond donors (Lipinski definition) is 0. The van der Waals surface area contributed by atoms with Gasteiger partial charge in [0, 0.05) is 87.7 Å². The molecule has 4 fully saturated rings. The van der Waals surface area contributed by atoms with Crippen LogP contribution in [0.5, 0.6) is 0 Å². The van der Waals surface area contributed by atoms with E-state index in [-0.39, 0.29) is 81.4 Å². The number of rotatable bonds is 22. The molecule has 15 heteroatoms. The highest BCUT2D eigenvalue weighted by Gasteiger charge is 2.43. The topological polar surface area (TPSA) is 163 Å². The Bertz CT molecular complexity index is 3730. The van der Waals surface area contributed by atoms with Crippen molar-refractivity contribution >= 4 is 86.4 Å². The predicted octanol–water partition coefficient (Wildman–Crippen LogP) is 17.2. The number of nitrogens with zero attached hydrogens (tertiary/aromatic N) is 3. The fourth-order valence-corrected chi connectivity index (χ4v) is 17.8. The maximum atomic E-state index is 12.9. The Morgan fingerprint density at radius 1 is 0.444 bits per heavy atom. The van der Waals surface area contributed by atoms with Crippen molar-refractivity contribution in [3.8, 4) is 0 Å². The zero-order chi connectivity index (χ0) is 70.7. The summed E-state index contributed by atoms with van der Waals surface area (Å²) < 4.78 is 0. The van der Waals surface area contributed by atoms with Gasteiger partial charge in [0.15, 0.2) is 17.3 Å². The highest BCUT2D eigenvalue weighted by atomic mass is 32.1. The molecule has 3 amide bonds. The second-order valence-electron chi connectivity index (χ2n) is 31.1. The zero-order valence-corrected chi connectivity index (χ0v) is 61.6. The fourth-order valence-electron chi connectivity index (χ4n) is 14.6. The smallest absolute Gasteiger partial charge is 0.265 e. The van der Waals surface area contributed by atoms with Crippen LogP contribution in [0.15, 0.2) is 125 Å². The van der Waals surface area contributed by atoms with Crippen LogP contribution in [0.1, 0.15) is 253 Å². The molecular formula is C84H97N3O9S3. The van der Waals surface area contributed by atoms with Crippen LogP contribution in [0.25, 0.3) is 0 Å². The second-order valence-corrected chi connectivity index (χ2v) is 33.8. The Kier molecular flexibility index (Phi) is 22.5. The average molecular weight is 1390 g/mol. The number of ketones is 6. The quantitative estimate of drug-likeness (QED) is 0.0602. The zero-order valence-electron chi connectivity index (χ0n) is 59.1. The van der Waals surface area contributed by atoms with Crippen molar-refractivity contribution in [1.29, 1.82) is 0 Å². The van der Waals surface area contributed by atoms with Gasteiger partial charge in [-0.15, -0.1) is 34.0 Å². The first kappa shape index (κ1) is 72.7. The van der Waals surface area contributed by atoms with Gasteiger partial charge in [0.05, 0.1) is 33.4 Å². The highest BCUT2D eigenvalue weighted by molar-refractivity contribution is 7.13. The van der Waals surface area contributed by atoms with Crippen LogP contribution >= 0.6 is 34.0 Å². The summed E-state index contributed by atoms with van der Waals surface area (Å²) in [4.78, 5) is 122. The van der Waals surface area contributed by atoms with Gasteiger partial charge in [0.2, 0.25) is 0 Å². The first-order valence-electron chi connectivity index (χ1n) is 35.7. The number of hydrogen-bond acceptors (Lipinski definition) is 12. The summed E-state index contributed by atoms with van der Waals surface area (Å²) in [5.74, 6) is 0.961. The minimum atomic E-state index is -0.334. The average Bonchev–Trinajstić information content (AvgIpc) is 1.64. The van der Waals surface area contributed by atoms with Gasteiger partial charge >= 0.3 is 0 Å². The van der Waals surface area contributed by atoms with Gasteiger partial charge in [-0.2, -0.15) is 0 Å². The Hall–Kier alpha value is -7.59. The molecular weight excluding hydrogens is 1290 g/mol. The minimum Gasteiger partial charge on any atom is -0.324 e. The van der Waals surface area contributed by atoms with E-state index in [1.807, 2.05) is 16.1 Å². The number of Topliss-reactive ketones (excluding diaryl/α,β-unsaturated/α-hetero) is 6. The molecule has 4 aliphatic carbocycles. The number of carbonyl (C=O) groups excluding carboxylic acids is 9. The molecule has 3 aromatic carbocycles. The Morgan fingerprint density at radius 3 is 1.15 bits per heavy atom. The van der Waals surface area contributed by atoms with Crippen LogP contribution < -0.4 is 0 Å². The number of thiophene rings is 3. The summed E-state index contributed by atoms with van der Waals surface area (Å²) >= 11 is 4.47. The standard InChI is InChI=1S/C28H31NO3S.2C28H33NO3S/c1-18-3-12-24(25(31)15-18)29-16-23-20(17-33-26(23)27(29)32)7-11-22(30)10-6-19-4-8-21(9-5-19)28(2)13-14-28;1-18-5-14-24(25(31)15-18)29-16-23-20(17-33-26(23)27(29)32)9-13-22(30)12-8-19-6-10-21(11-7-19)28(2,3)4;1-18-5-13-24(25(31)15-18)29-16-22-23(27(29)32)17-33-26(22)14-12-21(30)11-8-19-6-9-20(10-7-19)28(2,3)4/h4-5,8-9,17,24H,1,3,6-7,10-16H2,2H3;6-7,10-11,17,24H,1,5,8-9,12-16H2,2-4H3;6-7,9-10,17,24H,1,5,8,11-16H2,2-4H3/t3*24-/m000/s1. The molecule has 6 aromatic rings. The molecule has 99 heavy (non-hydrogen) atoms. The third-order valence-electron chi connectivity index (χ3n) is 21.5. The Labute approximate surface area is 597 Å². The lowest BCUT2D eigenvalue weighted by molar-refractivity contribution is -0.124. The molecule has 0 spiro atoms. The third kappa shape index (κ3) is 17.4. The fraction of sp³-hybridized carbons (Fsp3) is 0.464. The maximum absolute atomic E-state index is 12.9. The molecule has 13 rings (SSSR count). The van der Waals surface area contributed by atoms with E-state index >= 15 is 0 Å². The lowest BCUT2D eigenvalue weighted by atomic mass is 9.86. The number of benzene rings is 3. The molecule has 0 unspecified atom stereocenters. The summed E-state index contributed by atoms with van der Waals surface area (Å²) in [6.07, 6.45) is 15.5. The largest absolute Gasteiger partial charge is 0.324 e. The van der Waals surface area contributed by atoms with E-state index < -0.39 is 0 Å². The van der Waals surface area contributed by atoms with E-state index in [1.165, 1.54) is 68.9 Å². The first-order valence-corrected chi connectivity index (χ1v) is 38.4. The monoisotopic (exact) mass is 1390 g/mol. The van der Waals surface area contributed by atoms with Gasteiger partial charge in [-0.25, -0.2) is 0 Å². The van der Waals surface area contributed by atoms with Gasteiger partial charge in [-0.3, -0.25) is 43.2 Å². The van der Waals surface area contributed by atoms with Crippen LogP contribution in [0, 0.1) is 0 Å². The van der Waals surface area contributed by atoms with Gasteiger partial charge in [-0.05, 0) is 178 Å². The molecule has 0 N–H and O–H groups in total. The molecule has 3 aliphatic heterocycles. The van der Waals surface area contributed by atoms with E-state index in [1.54, 1.807) is 26.0 Å². The lowest BCUT2D eigenvalue weighted by Crippen LogP contribution is -2.43. The Morgan fingerprint density at radius 2 is 0.788 bits per heavy atom. The summed E-state index contributed by atoms with van der Waals surface area (Å²) in [6.45, 7) is 28.7. The minimum absolute atomic E-state index is 0.0260. The SMILES string of the molecule is C=C1CC[C@H](N2Cc3c(CCC(=O)CCc4ccc(C(C)(C)C)cc4)csc3C2=O)C(=O)C1.C=C1CC[C@H](N2Cc3c(CCC(=O)CCc4ccc(C5(C)CC5)cc4)csc3C2=O)C(=O)C1.C=C1CC[C@H](N2Cc3c(csc3CCC(=O)CCc3ccc(C(C)(C)C)cc3)C2=O)C(=O)C1.